The van der Waals surface area contributed by atoms with Crippen LogP contribution in [0.1, 0.15) is 12.8 Å². The van der Waals surface area contributed by atoms with Gasteiger partial charge in [-0.3, -0.25) is 9.69 Å². The number of nitrogens with two attached hydrogens (primary N) is 1. The number of likely N-dealkylation sites (tertiary alicyclic amines) is 1. The number of primary amides is 1. The molecule has 0 atom stereocenters. The monoisotopic (exact) mass is 174 g/mol. The zero-order valence-electron chi connectivity index (χ0n) is 6.58. The Balaban J connectivity index is 1.98. The topological polar surface area (TPSA) is 46.3 Å². The second kappa shape index (κ2) is 4.62. The lowest BCUT2D eigenvalue weighted by atomic mass is 10.4. The van der Waals surface area contributed by atoms with Crippen LogP contribution in [0.3, 0.4) is 0 Å². The van der Waals surface area contributed by atoms with Crippen molar-refractivity contribution in [2.75, 3.05) is 24.7 Å². The molecule has 0 aromatic carbocycles. The summed E-state index contributed by atoms with van der Waals surface area (Å²) in [5.74, 6) is 1.20. The van der Waals surface area contributed by atoms with Gasteiger partial charge in [0.15, 0.2) is 0 Å². The van der Waals surface area contributed by atoms with Crippen LogP contribution < -0.4 is 5.73 Å². The zero-order chi connectivity index (χ0) is 8.10. The molecule has 0 aromatic heterocycles. The number of thioether (sulfide) groups is 1. The first-order chi connectivity index (χ1) is 5.29. The van der Waals surface area contributed by atoms with Crippen molar-refractivity contribution in [3.63, 3.8) is 0 Å². The normalized spacial score (nSPS) is 18.9. The molecule has 0 radical (unpaired) electrons. The molecule has 0 aromatic rings. The summed E-state index contributed by atoms with van der Waals surface area (Å²) in [5.41, 5.74) is 5.00. The second-order valence-corrected chi connectivity index (χ2v) is 3.72. The van der Waals surface area contributed by atoms with Gasteiger partial charge in [0.1, 0.15) is 0 Å². The van der Waals surface area contributed by atoms with E-state index in [9.17, 15) is 4.79 Å². The van der Waals surface area contributed by atoms with Crippen molar-refractivity contribution in [1.29, 1.82) is 0 Å². The van der Waals surface area contributed by atoms with E-state index in [2.05, 4.69) is 4.90 Å². The van der Waals surface area contributed by atoms with Gasteiger partial charge in [0.25, 0.3) is 0 Å². The molecule has 1 rings (SSSR count). The molecule has 4 heteroatoms. The van der Waals surface area contributed by atoms with Crippen molar-refractivity contribution < 1.29 is 4.79 Å². The van der Waals surface area contributed by atoms with Gasteiger partial charge in [-0.15, -0.1) is 11.8 Å². The summed E-state index contributed by atoms with van der Waals surface area (Å²) in [6.07, 6.45) is 2.61. The van der Waals surface area contributed by atoms with Gasteiger partial charge in [0, 0.05) is 5.88 Å². The van der Waals surface area contributed by atoms with Gasteiger partial charge in [-0.25, -0.2) is 0 Å². The molecular weight excluding hydrogens is 160 g/mol. The Kier molecular flexibility index (Phi) is 3.72. The molecule has 1 fully saturated rings. The maximum atomic E-state index is 10.4. The number of hydrogen-bond donors (Lipinski definition) is 1. The molecule has 0 aliphatic carbocycles. The highest BCUT2D eigenvalue weighted by molar-refractivity contribution is 7.99. The lowest BCUT2D eigenvalue weighted by Crippen LogP contribution is -2.21. The fourth-order valence-corrected chi connectivity index (χ4v) is 2.00. The van der Waals surface area contributed by atoms with Gasteiger partial charge >= 0.3 is 0 Å². The minimum absolute atomic E-state index is 0.214. The van der Waals surface area contributed by atoms with E-state index in [1.165, 1.54) is 25.9 Å². The Labute approximate surface area is 71.3 Å². The predicted octanol–water partition coefficient (Wildman–Crippen LogP) is 0.258. The van der Waals surface area contributed by atoms with Crippen molar-refractivity contribution >= 4 is 17.7 Å². The molecular formula is C7H14N2OS. The first kappa shape index (κ1) is 8.87. The highest BCUT2D eigenvalue weighted by Crippen LogP contribution is 2.11. The first-order valence-corrected chi connectivity index (χ1v) is 5.03. The number of carbonyl (C=O) groups excluding carboxylic acids is 1. The van der Waals surface area contributed by atoms with Crippen molar-refractivity contribution in [1.82, 2.24) is 4.90 Å². The standard InChI is InChI=1S/C7H14N2OS/c8-7(10)5-11-6-9-3-1-2-4-9/h1-6H2,(H2,8,10). The molecule has 1 aliphatic heterocycles. The maximum Gasteiger partial charge on any atom is 0.227 e. The average molecular weight is 174 g/mol. The predicted molar refractivity (Wildman–Crippen MR) is 47.3 cm³/mol. The van der Waals surface area contributed by atoms with Crippen LogP contribution >= 0.6 is 11.8 Å². The van der Waals surface area contributed by atoms with Gasteiger partial charge in [-0.1, -0.05) is 0 Å². The molecule has 1 amide bonds. The molecule has 1 heterocycles. The van der Waals surface area contributed by atoms with Crippen molar-refractivity contribution in [2.24, 2.45) is 5.73 Å². The number of rotatable bonds is 4. The van der Waals surface area contributed by atoms with Crippen LogP contribution in [-0.4, -0.2) is 35.5 Å². The molecule has 0 spiro atoms. The van der Waals surface area contributed by atoms with E-state index >= 15 is 0 Å². The van der Waals surface area contributed by atoms with Crippen molar-refractivity contribution in [3.8, 4) is 0 Å². The van der Waals surface area contributed by atoms with E-state index in [4.69, 9.17) is 5.73 Å². The molecule has 11 heavy (non-hydrogen) atoms. The smallest absolute Gasteiger partial charge is 0.227 e. The van der Waals surface area contributed by atoms with E-state index in [1.54, 1.807) is 11.8 Å². The van der Waals surface area contributed by atoms with Crippen LogP contribution in [0.2, 0.25) is 0 Å². The van der Waals surface area contributed by atoms with Crippen LogP contribution in [0.15, 0.2) is 0 Å². The second-order valence-electron chi connectivity index (χ2n) is 2.77. The summed E-state index contributed by atoms with van der Waals surface area (Å²) in [6, 6.07) is 0. The molecule has 1 saturated heterocycles. The molecule has 64 valence electrons. The van der Waals surface area contributed by atoms with Crippen LogP contribution in [0.4, 0.5) is 0 Å². The van der Waals surface area contributed by atoms with Crippen LogP contribution in [-0.2, 0) is 4.79 Å². The van der Waals surface area contributed by atoms with Crippen LogP contribution in [0.25, 0.3) is 0 Å². The molecule has 0 unspecified atom stereocenters. The van der Waals surface area contributed by atoms with Gasteiger partial charge in [0.2, 0.25) is 5.91 Å². The minimum Gasteiger partial charge on any atom is -0.369 e. The average Bonchev–Trinajstić information content (AvgIpc) is 2.39. The van der Waals surface area contributed by atoms with E-state index in [1.807, 2.05) is 0 Å². The van der Waals surface area contributed by atoms with E-state index in [0.29, 0.717) is 5.75 Å². The third-order valence-electron chi connectivity index (χ3n) is 1.72. The van der Waals surface area contributed by atoms with Crippen molar-refractivity contribution in [2.45, 2.75) is 12.8 Å². The summed E-state index contributed by atoms with van der Waals surface area (Å²) < 4.78 is 0. The van der Waals surface area contributed by atoms with E-state index in [-0.39, 0.29) is 5.91 Å². The SMILES string of the molecule is NC(=O)CSCN1CCCC1. The molecule has 2 N–H and O–H groups in total. The minimum atomic E-state index is -0.214. The van der Waals surface area contributed by atoms with Crippen molar-refractivity contribution in [3.05, 3.63) is 0 Å². The number of amides is 1. The Bertz CT molecular complexity index is 134. The summed E-state index contributed by atoms with van der Waals surface area (Å²) >= 11 is 1.61. The molecule has 1 aliphatic rings. The highest BCUT2D eigenvalue weighted by Gasteiger charge is 2.10. The van der Waals surface area contributed by atoms with Crippen LogP contribution in [0.5, 0.6) is 0 Å². The zero-order valence-corrected chi connectivity index (χ0v) is 7.40. The lowest BCUT2D eigenvalue weighted by Gasteiger charge is -2.12. The molecule has 0 saturated carbocycles. The third kappa shape index (κ3) is 3.62. The summed E-state index contributed by atoms with van der Waals surface area (Å²) in [6.45, 7) is 2.37. The molecule has 3 nitrogen and oxygen atoms in total. The van der Waals surface area contributed by atoms with Gasteiger partial charge in [-0.2, -0.15) is 0 Å². The lowest BCUT2D eigenvalue weighted by molar-refractivity contribution is -0.115. The first-order valence-electron chi connectivity index (χ1n) is 3.87. The Morgan fingerprint density at radius 2 is 2.09 bits per heavy atom. The van der Waals surface area contributed by atoms with E-state index < -0.39 is 0 Å². The molecule has 0 bridgehead atoms. The fraction of sp³-hybridized carbons (Fsp3) is 0.857. The summed E-state index contributed by atoms with van der Waals surface area (Å²) in [5, 5.41) is 0. The van der Waals surface area contributed by atoms with Gasteiger partial charge in [-0.05, 0) is 25.9 Å². The third-order valence-corrected chi connectivity index (χ3v) is 2.75. The summed E-state index contributed by atoms with van der Waals surface area (Å²) in [4.78, 5) is 12.7. The summed E-state index contributed by atoms with van der Waals surface area (Å²) in [7, 11) is 0. The number of hydrogen-bond acceptors (Lipinski definition) is 3. The highest BCUT2D eigenvalue weighted by atomic mass is 32.2. The number of nitrogens with zero attached hydrogens (tertiary/aromatic N) is 1. The Morgan fingerprint density at radius 1 is 1.45 bits per heavy atom. The quantitative estimate of drug-likeness (QED) is 0.665. The van der Waals surface area contributed by atoms with Gasteiger partial charge < -0.3 is 5.73 Å². The van der Waals surface area contributed by atoms with Crippen LogP contribution in [0, 0.1) is 0 Å². The van der Waals surface area contributed by atoms with Gasteiger partial charge in [0.05, 0.1) is 5.75 Å². The fourth-order valence-electron chi connectivity index (χ4n) is 1.19. The number of carbonyl (C=O) groups is 1. The largest absolute Gasteiger partial charge is 0.369 e. The maximum absolute atomic E-state index is 10.4. The van der Waals surface area contributed by atoms with E-state index in [0.717, 1.165) is 5.88 Å². The Hall–Kier alpha value is -0.220. The Morgan fingerprint density at radius 3 is 2.64 bits per heavy atom.